The van der Waals surface area contributed by atoms with Gasteiger partial charge in [-0.05, 0) is 12.1 Å². The van der Waals surface area contributed by atoms with Gasteiger partial charge in [-0.15, -0.1) is 0 Å². The minimum Gasteiger partial charge on any atom is -0.288 e. The molecule has 0 saturated carbocycles. The number of ketones is 1. The zero-order valence-corrected chi connectivity index (χ0v) is 7.72. The number of hydrogen-bond donors (Lipinski definition) is 0. The Morgan fingerprint density at radius 1 is 1.13 bits per heavy atom. The van der Waals surface area contributed by atoms with Crippen LogP contribution in [0.25, 0.3) is 0 Å². The minimum absolute atomic E-state index is 0.282. The molecule has 1 aromatic heterocycles. The second kappa shape index (κ2) is 3.96. The Kier molecular flexibility index (Phi) is 2.49. The highest BCUT2D eigenvalue weighted by atomic mass is 19.1. The highest BCUT2D eigenvalue weighted by Gasteiger charge is 2.09. The Labute approximate surface area is 85.6 Å². The lowest BCUT2D eigenvalue weighted by atomic mass is 10.1. The van der Waals surface area contributed by atoms with E-state index < -0.39 is 5.82 Å². The van der Waals surface area contributed by atoms with Crippen molar-refractivity contribution in [1.82, 2.24) is 9.97 Å². The van der Waals surface area contributed by atoms with Crippen LogP contribution < -0.4 is 0 Å². The van der Waals surface area contributed by atoms with Gasteiger partial charge in [-0.3, -0.25) is 4.79 Å². The maximum Gasteiger partial charge on any atom is 0.196 e. The van der Waals surface area contributed by atoms with Crippen LogP contribution >= 0.6 is 0 Å². The molecule has 3 nitrogen and oxygen atoms in total. The van der Waals surface area contributed by atoms with Gasteiger partial charge in [0.15, 0.2) is 5.78 Å². The first kappa shape index (κ1) is 9.45. The third kappa shape index (κ3) is 2.04. The molecule has 74 valence electrons. The van der Waals surface area contributed by atoms with E-state index in [1.54, 1.807) is 6.07 Å². The first-order valence-corrected chi connectivity index (χ1v) is 4.32. The van der Waals surface area contributed by atoms with Gasteiger partial charge in [0.05, 0.1) is 5.56 Å². The lowest BCUT2D eigenvalue weighted by Gasteiger charge is -1.99. The SMILES string of the molecule is O=C(c1cncnc1)c1cccc(F)c1. The summed E-state index contributed by atoms with van der Waals surface area (Å²) in [6, 6.07) is 5.53. The quantitative estimate of drug-likeness (QED) is 0.698. The summed E-state index contributed by atoms with van der Waals surface area (Å²) in [6.45, 7) is 0. The Morgan fingerprint density at radius 2 is 1.87 bits per heavy atom. The normalized spacial score (nSPS) is 9.93. The van der Waals surface area contributed by atoms with Gasteiger partial charge in [-0.2, -0.15) is 0 Å². The third-order valence-electron chi connectivity index (χ3n) is 1.91. The summed E-state index contributed by atoms with van der Waals surface area (Å²) >= 11 is 0. The topological polar surface area (TPSA) is 42.9 Å². The van der Waals surface area contributed by atoms with Gasteiger partial charge in [-0.25, -0.2) is 14.4 Å². The van der Waals surface area contributed by atoms with Crippen molar-refractivity contribution in [2.45, 2.75) is 0 Å². The van der Waals surface area contributed by atoms with Crippen LogP contribution in [0.15, 0.2) is 43.0 Å². The smallest absolute Gasteiger partial charge is 0.196 e. The predicted molar refractivity (Wildman–Crippen MR) is 51.9 cm³/mol. The van der Waals surface area contributed by atoms with E-state index in [2.05, 4.69) is 9.97 Å². The summed E-state index contributed by atoms with van der Waals surface area (Å²) < 4.78 is 12.9. The number of nitrogens with zero attached hydrogens (tertiary/aromatic N) is 2. The summed E-state index contributed by atoms with van der Waals surface area (Å²) in [5.74, 6) is -0.715. The van der Waals surface area contributed by atoms with E-state index in [-0.39, 0.29) is 5.78 Å². The maximum atomic E-state index is 12.9. The number of rotatable bonds is 2. The van der Waals surface area contributed by atoms with Gasteiger partial charge in [0, 0.05) is 18.0 Å². The standard InChI is InChI=1S/C11H7FN2O/c12-10-3-1-2-8(4-10)11(15)9-5-13-7-14-6-9/h1-7H. The van der Waals surface area contributed by atoms with Crippen LogP contribution in [-0.4, -0.2) is 15.8 Å². The second-order valence-electron chi connectivity index (χ2n) is 2.97. The molecule has 0 unspecified atom stereocenters. The van der Waals surface area contributed by atoms with E-state index in [9.17, 15) is 9.18 Å². The fourth-order valence-corrected chi connectivity index (χ4v) is 1.21. The Morgan fingerprint density at radius 3 is 2.53 bits per heavy atom. The Balaban J connectivity index is 2.37. The molecule has 0 aliphatic heterocycles. The predicted octanol–water partition coefficient (Wildman–Crippen LogP) is 1.85. The first-order valence-electron chi connectivity index (χ1n) is 4.32. The lowest BCUT2D eigenvalue weighted by molar-refractivity contribution is 0.103. The number of hydrogen-bond acceptors (Lipinski definition) is 3. The zero-order chi connectivity index (χ0) is 10.7. The zero-order valence-electron chi connectivity index (χ0n) is 7.72. The van der Waals surface area contributed by atoms with Crippen molar-refractivity contribution >= 4 is 5.78 Å². The van der Waals surface area contributed by atoms with Gasteiger partial charge in [0.1, 0.15) is 12.1 Å². The van der Waals surface area contributed by atoms with Crippen LogP contribution in [0.2, 0.25) is 0 Å². The van der Waals surface area contributed by atoms with Crippen LogP contribution in [0.1, 0.15) is 15.9 Å². The fraction of sp³-hybridized carbons (Fsp3) is 0. The molecule has 15 heavy (non-hydrogen) atoms. The molecule has 0 N–H and O–H groups in total. The molecule has 0 fully saturated rings. The van der Waals surface area contributed by atoms with Gasteiger partial charge in [0.25, 0.3) is 0 Å². The van der Waals surface area contributed by atoms with Crippen molar-refractivity contribution in [1.29, 1.82) is 0 Å². The summed E-state index contributed by atoms with van der Waals surface area (Å²) in [5, 5.41) is 0. The summed E-state index contributed by atoms with van der Waals surface area (Å²) in [7, 11) is 0. The average Bonchev–Trinajstić information content (AvgIpc) is 2.29. The summed E-state index contributed by atoms with van der Waals surface area (Å²) in [6.07, 6.45) is 4.14. The molecule has 0 radical (unpaired) electrons. The molecule has 0 atom stereocenters. The van der Waals surface area contributed by atoms with E-state index in [4.69, 9.17) is 0 Å². The summed E-state index contributed by atoms with van der Waals surface area (Å²) in [5.41, 5.74) is 0.646. The molecule has 0 saturated heterocycles. The number of halogens is 1. The second-order valence-corrected chi connectivity index (χ2v) is 2.97. The highest BCUT2D eigenvalue weighted by molar-refractivity contribution is 6.08. The molecular weight excluding hydrogens is 195 g/mol. The fourth-order valence-electron chi connectivity index (χ4n) is 1.21. The van der Waals surface area contributed by atoms with Gasteiger partial charge < -0.3 is 0 Å². The maximum absolute atomic E-state index is 12.9. The number of benzene rings is 1. The third-order valence-corrected chi connectivity index (χ3v) is 1.91. The molecule has 0 aliphatic carbocycles. The Hall–Kier alpha value is -2.10. The van der Waals surface area contributed by atoms with E-state index in [0.29, 0.717) is 11.1 Å². The van der Waals surface area contributed by atoms with Gasteiger partial charge in [-0.1, -0.05) is 12.1 Å². The summed E-state index contributed by atoms with van der Waals surface area (Å²) in [4.78, 5) is 19.2. The number of carbonyl (C=O) groups is 1. The van der Waals surface area contributed by atoms with E-state index in [0.717, 1.165) is 0 Å². The monoisotopic (exact) mass is 202 g/mol. The molecular formula is C11H7FN2O. The lowest BCUT2D eigenvalue weighted by Crippen LogP contribution is -2.02. The minimum atomic E-state index is -0.433. The van der Waals surface area contributed by atoms with Crippen LogP contribution in [0.3, 0.4) is 0 Å². The molecule has 0 amide bonds. The molecule has 1 heterocycles. The molecule has 0 bridgehead atoms. The van der Waals surface area contributed by atoms with Crippen molar-refractivity contribution in [3.8, 4) is 0 Å². The van der Waals surface area contributed by atoms with Crippen molar-refractivity contribution in [2.24, 2.45) is 0 Å². The van der Waals surface area contributed by atoms with Crippen LogP contribution in [0.4, 0.5) is 4.39 Å². The van der Waals surface area contributed by atoms with Gasteiger partial charge >= 0.3 is 0 Å². The van der Waals surface area contributed by atoms with Crippen molar-refractivity contribution in [3.63, 3.8) is 0 Å². The molecule has 0 spiro atoms. The molecule has 1 aromatic carbocycles. The molecule has 4 heteroatoms. The van der Waals surface area contributed by atoms with E-state index in [1.807, 2.05) is 0 Å². The van der Waals surface area contributed by atoms with Crippen LogP contribution in [0.5, 0.6) is 0 Å². The number of aromatic nitrogens is 2. The van der Waals surface area contributed by atoms with E-state index in [1.165, 1.54) is 36.9 Å². The van der Waals surface area contributed by atoms with Crippen molar-refractivity contribution < 1.29 is 9.18 Å². The van der Waals surface area contributed by atoms with Crippen molar-refractivity contribution in [2.75, 3.05) is 0 Å². The van der Waals surface area contributed by atoms with Crippen LogP contribution in [0, 0.1) is 5.82 Å². The molecule has 2 rings (SSSR count). The van der Waals surface area contributed by atoms with Crippen LogP contribution in [-0.2, 0) is 0 Å². The average molecular weight is 202 g/mol. The highest BCUT2D eigenvalue weighted by Crippen LogP contribution is 2.09. The Bertz CT molecular complexity index is 485. The van der Waals surface area contributed by atoms with Crippen molar-refractivity contribution in [3.05, 3.63) is 59.9 Å². The van der Waals surface area contributed by atoms with E-state index >= 15 is 0 Å². The number of carbonyl (C=O) groups excluding carboxylic acids is 1. The van der Waals surface area contributed by atoms with Gasteiger partial charge in [0.2, 0.25) is 0 Å². The first-order chi connectivity index (χ1) is 7.27. The largest absolute Gasteiger partial charge is 0.288 e. The molecule has 0 aliphatic rings. The molecule has 2 aromatic rings.